The molecule has 0 radical (unpaired) electrons. The predicted molar refractivity (Wildman–Crippen MR) is 182 cm³/mol. The van der Waals surface area contributed by atoms with Crippen LogP contribution in [0.15, 0.2) is 120 Å². The molecule has 0 bridgehead atoms. The number of rotatable bonds is 3. The molecular formula is C41H31NO. The quantitative estimate of drug-likeness (QED) is 0.199. The Morgan fingerprint density at radius 1 is 0.535 bits per heavy atom. The second kappa shape index (κ2) is 9.68. The van der Waals surface area contributed by atoms with Crippen molar-refractivity contribution >= 4 is 43.5 Å². The maximum atomic E-state index is 8.55. The number of para-hydroxylation sites is 1. The Bertz CT molecular complexity index is 2810. The van der Waals surface area contributed by atoms with E-state index in [1.165, 1.54) is 48.7 Å². The van der Waals surface area contributed by atoms with Gasteiger partial charge in [-0.2, -0.15) is 0 Å². The van der Waals surface area contributed by atoms with Gasteiger partial charge in [-0.25, -0.2) is 0 Å². The van der Waals surface area contributed by atoms with E-state index in [0.29, 0.717) is 22.3 Å². The fourth-order valence-electron chi connectivity index (χ4n) is 6.08. The van der Waals surface area contributed by atoms with Crippen LogP contribution in [0.2, 0.25) is 0 Å². The molecule has 0 N–H and O–H groups in total. The molecule has 0 unspecified atom stereocenters. The molecule has 0 aliphatic carbocycles. The highest BCUT2D eigenvalue weighted by Gasteiger charge is 2.18. The van der Waals surface area contributed by atoms with E-state index in [9.17, 15) is 0 Å². The summed E-state index contributed by atoms with van der Waals surface area (Å²) in [6.07, 6.45) is 1.18. The van der Waals surface area contributed by atoms with Crippen molar-refractivity contribution in [3.63, 3.8) is 0 Å². The van der Waals surface area contributed by atoms with Crippen molar-refractivity contribution in [2.24, 2.45) is 0 Å². The molecule has 6 aromatic carbocycles. The molecule has 0 amide bonds. The molecule has 8 rings (SSSR count). The van der Waals surface area contributed by atoms with Crippen molar-refractivity contribution in [2.45, 2.75) is 27.4 Å². The van der Waals surface area contributed by atoms with E-state index in [-0.39, 0.29) is 44.6 Å². The molecule has 0 atom stereocenters. The average Bonchev–Trinajstić information content (AvgIpc) is 3.52. The average molecular weight is 566 g/mol. The molecule has 43 heavy (non-hydrogen) atoms. The molecule has 2 heterocycles. The normalized spacial score (nSPS) is 17.0. The van der Waals surface area contributed by atoms with Crippen LogP contribution in [0.25, 0.3) is 77.0 Å². The predicted octanol–water partition coefficient (Wildman–Crippen LogP) is 11.5. The Morgan fingerprint density at radius 2 is 1.26 bits per heavy atom. The Labute approximate surface area is 268 Å². The van der Waals surface area contributed by atoms with Crippen molar-refractivity contribution in [1.29, 1.82) is 0 Å². The van der Waals surface area contributed by atoms with E-state index in [4.69, 9.17) is 20.9 Å². The summed E-state index contributed by atoms with van der Waals surface area (Å²) in [6, 6.07) is 31.2. The summed E-state index contributed by atoms with van der Waals surface area (Å²) in [4.78, 5) is 4.57. The van der Waals surface area contributed by atoms with Gasteiger partial charge in [-0.1, -0.05) is 96.6 Å². The fourth-order valence-corrected chi connectivity index (χ4v) is 6.08. The Hall–Kier alpha value is -5.21. The number of aryl methyl sites for hydroxylation is 4. The van der Waals surface area contributed by atoms with Gasteiger partial charge in [-0.3, -0.25) is 4.98 Å². The van der Waals surface area contributed by atoms with Gasteiger partial charge in [0.05, 0.1) is 5.69 Å². The number of hydrogen-bond donors (Lipinski definition) is 0. The van der Waals surface area contributed by atoms with Gasteiger partial charge >= 0.3 is 0 Å². The fraction of sp³-hybridized carbons (Fsp3) is 0.0976. The summed E-state index contributed by atoms with van der Waals surface area (Å²) in [5.74, 6) is 0. The van der Waals surface area contributed by atoms with Gasteiger partial charge in [0.1, 0.15) is 11.2 Å². The van der Waals surface area contributed by atoms with Crippen molar-refractivity contribution < 1.29 is 20.9 Å². The minimum absolute atomic E-state index is 0.0181. The Morgan fingerprint density at radius 3 is 2.12 bits per heavy atom. The first-order valence-electron chi connectivity index (χ1n) is 19.9. The zero-order valence-electron chi connectivity index (χ0n) is 34.8. The summed E-state index contributed by atoms with van der Waals surface area (Å²) >= 11 is 0. The van der Waals surface area contributed by atoms with Crippen LogP contribution in [0.3, 0.4) is 0 Å². The summed E-state index contributed by atoms with van der Waals surface area (Å²) < 4.78 is 106. The number of pyridine rings is 1. The molecule has 0 spiro atoms. The molecule has 8 aromatic rings. The first-order valence-corrected chi connectivity index (χ1v) is 13.9. The lowest BCUT2D eigenvalue weighted by Crippen LogP contribution is -1.94. The van der Waals surface area contributed by atoms with Gasteiger partial charge in [0.15, 0.2) is 0 Å². The highest BCUT2D eigenvalue weighted by Crippen LogP contribution is 2.41. The van der Waals surface area contributed by atoms with Crippen LogP contribution >= 0.6 is 0 Å². The number of benzene rings is 6. The van der Waals surface area contributed by atoms with E-state index in [0.717, 1.165) is 32.3 Å². The van der Waals surface area contributed by atoms with Crippen molar-refractivity contribution in [3.05, 3.63) is 138 Å². The number of hydrogen-bond acceptors (Lipinski definition) is 2. The van der Waals surface area contributed by atoms with Crippen LogP contribution in [0.5, 0.6) is 0 Å². The summed E-state index contributed by atoms with van der Waals surface area (Å²) in [6.45, 7) is -10.8. The summed E-state index contributed by atoms with van der Waals surface area (Å²) in [7, 11) is 0. The molecule has 2 nitrogen and oxygen atoms in total. The molecule has 2 heteroatoms. The van der Waals surface area contributed by atoms with Gasteiger partial charge in [0.25, 0.3) is 0 Å². The lowest BCUT2D eigenvalue weighted by atomic mass is 9.90. The second-order valence-corrected chi connectivity index (χ2v) is 10.7. The van der Waals surface area contributed by atoms with Crippen LogP contribution in [0.1, 0.15) is 38.7 Å². The maximum Gasteiger partial charge on any atom is 0.144 e. The van der Waals surface area contributed by atoms with Gasteiger partial charge in [0, 0.05) is 44.4 Å². The molecule has 0 fully saturated rings. The third-order valence-corrected chi connectivity index (χ3v) is 8.20. The van der Waals surface area contributed by atoms with Crippen molar-refractivity contribution in [3.8, 4) is 33.5 Å². The standard InChI is InChI=1S/C41H31NO/c1-24-12-14-29(15-13-24)35-20-26(3)36(21-25(35)2)37-22-38(42-23-27(37)4)34-11-7-10-32-33-19-18-30-17-16-28-8-5-6-9-31(28)39(30)41(33)43-40(32)34/h5-23H,1-4H3/i1D3,2D3,3D3,4D3. The van der Waals surface area contributed by atoms with Crippen LogP contribution in [0, 0.1) is 27.4 Å². The largest absolute Gasteiger partial charge is 0.455 e. The van der Waals surface area contributed by atoms with E-state index < -0.39 is 27.4 Å². The van der Waals surface area contributed by atoms with Crippen molar-refractivity contribution in [2.75, 3.05) is 0 Å². The number of fused-ring (bicyclic) bond motifs is 7. The van der Waals surface area contributed by atoms with Gasteiger partial charge in [-0.05, 0) is 101 Å². The number of nitrogens with zero attached hydrogens (tertiary/aromatic N) is 1. The van der Waals surface area contributed by atoms with E-state index >= 15 is 0 Å². The zero-order valence-corrected chi connectivity index (χ0v) is 22.8. The monoisotopic (exact) mass is 565 g/mol. The van der Waals surface area contributed by atoms with Crippen molar-refractivity contribution in [1.82, 2.24) is 4.98 Å². The van der Waals surface area contributed by atoms with Gasteiger partial charge < -0.3 is 4.42 Å². The maximum absolute atomic E-state index is 8.55. The number of furan rings is 1. The summed E-state index contributed by atoms with van der Waals surface area (Å²) in [5, 5.41) is 5.68. The molecule has 0 saturated carbocycles. The molecule has 0 aliphatic heterocycles. The highest BCUT2D eigenvalue weighted by atomic mass is 16.3. The first kappa shape index (κ1) is 15.9. The second-order valence-electron chi connectivity index (χ2n) is 10.7. The Balaban J connectivity index is 1.39. The first-order chi connectivity index (χ1) is 25.8. The van der Waals surface area contributed by atoms with E-state index in [1.807, 2.05) is 54.6 Å². The SMILES string of the molecule is [2H]C([2H])([2H])c1ccc(-c2cc(C([2H])([2H])[2H])c(-c3cc(-c4cccc5c4oc4c5ccc5ccc6ccccc6c54)ncc3C([2H])([2H])[2H])cc2C([2H])([2H])[2H])cc1. The highest BCUT2D eigenvalue weighted by molar-refractivity contribution is 6.23. The topological polar surface area (TPSA) is 26.0 Å². The van der Waals surface area contributed by atoms with Crippen LogP contribution in [-0.4, -0.2) is 4.98 Å². The lowest BCUT2D eigenvalue weighted by molar-refractivity contribution is 0.674. The third-order valence-electron chi connectivity index (χ3n) is 8.20. The Kier molecular flexibility index (Phi) is 3.57. The summed E-state index contributed by atoms with van der Waals surface area (Å²) in [5.41, 5.74) is 1.48. The molecular weight excluding hydrogens is 522 g/mol. The van der Waals surface area contributed by atoms with Crippen LogP contribution in [-0.2, 0) is 0 Å². The van der Waals surface area contributed by atoms with E-state index in [1.54, 1.807) is 6.07 Å². The van der Waals surface area contributed by atoms with Gasteiger partial charge in [0.2, 0.25) is 0 Å². The third kappa shape index (κ3) is 4.06. The molecule has 206 valence electrons. The van der Waals surface area contributed by atoms with E-state index in [2.05, 4.69) is 11.1 Å². The minimum Gasteiger partial charge on any atom is -0.455 e. The van der Waals surface area contributed by atoms with Crippen LogP contribution in [0.4, 0.5) is 0 Å². The van der Waals surface area contributed by atoms with Crippen LogP contribution < -0.4 is 0 Å². The smallest absolute Gasteiger partial charge is 0.144 e. The molecule has 2 aromatic heterocycles. The molecule has 0 saturated heterocycles. The van der Waals surface area contributed by atoms with Gasteiger partial charge in [-0.15, -0.1) is 0 Å². The lowest BCUT2D eigenvalue weighted by Gasteiger charge is -2.16. The zero-order chi connectivity index (χ0) is 39.2. The number of aromatic nitrogens is 1. The molecule has 0 aliphatic rings. The minimum atomic E-state index is -2.83.